The van der Waals surface area contributed by atoms with Gasteiger partial charge in [0.15, 0.2) is 0 Å². The van der Waals surface area contributed by atoms with Gasteiger partial charge in [0.05, 0.1) is 25.0 Å². The minimum Gasteiger partial charge on any atom is -0.465 e. The Kier molecular flexibility index (Phi) is 18.3. The third-order valence-corrected chi connectivity index (χ3v) is 8.77. The predicted octanol–water partition coefficient (Wildman–Crippen LogP) is 9.14. The van der Waals surface area contributed by atoms with Crippen LogP contribution >= 0.6 is 0 Å². The molecule has 0 heterocycles. The molecule has 1 aliphatic rings. The second-order valence-electron chi connectivity index (χ2n) is 12.4. The number of esters is 2. The quantitative estimate of drug-likeness (QED) is 0.121. The zero-order chi connectivity index (χ0) is 26.8. The summed E-state index contributed by atoms with van der Waals surface area (Å²) in [6.45, 7) is 15.0. The van der Waals surface area contributed by atoms with Crippen molar-refractivity contribution in [2.45, 2.75) is 144 Å². The maximum atomic E-state index is 12.4. The maximum absolute atomic E-state index is 12.4. The van der Waals surface area contributed by atoms with E-state index in [1.54, 1.807) is 0 Å². The van der Waals surface area contributed by atoms with Crippen LogP contribution in [0.3, 0.4) is 0 Å². The van der Waals surface area contributed by atoms with Crippen molar-refractivity contribution in [1.29, 1.82) is 0 Å². The third-order valence-electron chi connectivity index (χ3n) is 8.77. The Balaban J connectivity index is 1.99. The van der Waals surface area contributed by atoms with Crippen molar-refractivity contribution >= 4 is 11.9 Å². The van der Waals surface area contributed by atoms with Gasteiger partial charge in [0.2, 0.25) is 0 Å². The summed E-state index contributed by atoms with van der Waals surface area (Å²) in [5.41, 5.74) is 0. The van der Waals surface area contributed by atoms with E-state index in [9.17, 15) is 9.59 Å². The average molecular weight is 509 g/mol. The number of carbonyl (C=O) groups excluding carboxylic acids is 2. The second-order valence-corrected chi connectivity index (χ2v) is 12.4. The van der Waals surface area contributed by atoms with Gasteiger partial charge in [0.25, 0.3) is 0 Å². The lowest BCUT2D eigenvalue weighted by Gasteiger charge is -2.26. The molecule has 1 saturated carbocycles. The van der Waals surface area contributed by atoms with E-state index in [0.717, 1.165) is 75.0 Å². The van der Waals surface area contributed by atoms with Crippen LogP contribution in [0.25, 0.3) is 0 Å². The molecule has 0 amide bonds. The predicted molar refractivity (Wildman–Crippen MR) is 151 cm³/mol. The lowest BCUT2D eigenvalue weighted by molar-refractivity contribution is -0.155. The molecule has 0 spiro atoms. The van der Waals surface area contributed by atoms with Gasteiger partial charge in [0.1, 0.15) is 0 Å². The van der Waals surface area contributed by atoms with Crippen molar-refractivity contribution in [2.75, 3.05) is 13.2 Å². The van der Waals surface area contributed by atoms with E-state index in [1.807, 2.05) is 0 Å². The molecule has 0 saturated heterocycles. The van der Waals surface area contributed by atoms with Crippen molar-refractivity contribution in [1.82, 2.24) is 0 Å². The zero-order valence-electron chi connectivity index (χ0n) is 24.8. The molecule has 2 unspecified atom stereocenters. The summed E-state index contributed by atoms with van der Waals surface area (Å²) in [4.78, 5) is 24.8. The van der Waals surface area contributed by atoms with Gasteiger partial charge in [-0.3, -0.25) is 9.59 Å². The van der Waals surface area contributed by atoms with Crippen LogP contribution in [0.2, 0.25) is 0 Å². The van der Waals surface area contributed by atoms with Gasteiger partial charge in [-0.25, -0.2) is 0 Å². The van der Waals surface area contributed by atoms with E-state index in [0.29, 0.717) is 13.2 Å². The van der Waals surface area contributed by atoms with Crippen LogP contribution in [0.4, 0.5) is 0 Å². The molecule has 1 aliphatic carbocycles. The van der Waals surface area contributed by atoms with Gasteiger partial charge in [0, 0.05) is 0 Å². The van der Waals surface area contributed by atoms with E-state index >= 15 is 0 Å². The first-order valence-corrected chi connectivity index (χ1v) is 15.6. The number of hydrogen-bond acceptors (Lipinski definition) is 4. The molecule has 4 nitrogen and oxygen atoms in total. The molecule has 0 aromatic heterocycles. The van der Waals surface area contributed by atoms with E-state index in [4.69, 9.17) is 9.47 Å². The minimum atomic E-state index is -0.0598. The van der Waals surface area contributed by atoms with Crippen molar-refractivity contribution < 1.29 is 19.1 Å². The monoisotopic (exact) mass is 508 g/mol. The van der Waals surface area contributed by atoms with Gasteiger partial charge in [-0.15, -0.1) is 0 Å². The SMILES string of the molecule is CC(C)C(C)CCCCCCCOC(=O)C1CCC(C(=O)OCCCCCCCC(C)C(C)C)CC1. The molecule has 0 N–H and O–H groups in total. The number of carbonyl (C=O) groups is 2. The molecule has 1 fully saturated rings. The number of ether oxygens (including phenoxy) is 2. The highest BCUT2D eigenvalue weighted by Crippen LogP contribution is 2.30. The van der Waals surface area contributed by atoms with Gasteiger partial charge < -0.3 is 9.47 Å². The zero-order valence-corrected chi connectivity index (χ0v) is 24.8. The average Bonchev–Trinajstić information content (AvgIpc) is 2.86. The van der Waals surface area contributed by atoms with Crippen LogP contribution in [0.1, 0.15) is 144 Å². The van der Waals surface area contributed by atoms with Crippen LogP contribution in [-0.2, 0) is 19.1 Å². The fraction of sp³-hybridized carbons (Fsp3) is 0.938. The molecule has 0 aromatic carbocycles. The Labute approximate surface area is 224 Å². The van der Waals surface area contributed by atoms with Crippen LogP contribution in [-0.4, -0.2) is 25.2 Å². The highest BCUT2D eigenvalue weighted by molar-refractivity contribution is 5.75. The van der Waals surface area contributed by atoms with Gasteiger partial charge in [-0.2, -0.15) is 0 Å². The first-order chi connectivity index (χ1) is 17.2. The number of rotatable bonds is 20. The Morgan fingerprint density at radius 2 is 0.833 bits per heavy atom. The van der Waals surface area contributed by atoms with Gasteiger partial charge in [-0.05, 0) is 62.2 Å². The molecule has 2 atom stereocenters. The Bertz CT molecular complexity index is 513. The summed E-state index contributed by atoms with van der Waals surface area (Å²) in [6, 6.07) is 0. The summed E-state index contributed by atoms with van der Waals surface area (Å²) in [7, 11) is 0. The largest absolute Gasteiger partial charge is 0.465 e. The van der Waals surface area contributed by atoms with Crippen molar-refractivity contribution in [3.63, 3.8) is 0 Å². The normalized spacial score (nSPS) is 19.9. The topological polar surface area (TPSA) is 52.6 Å². The molecule has 0 aromatic rings. The summed E-state index contributed by atoms with van der Waals surface area (Å²) in [6.07, 6.45) is 17.5. The fourth-order valence-electron chi connectivity index (χ4n) is 5.01. The fourth-order valence-corrected chi connectivity index (χ4v) is 5.01. The van der Waals surface area contributed by atoms with Crippen molar-refractivity contribution in [3.05, 3.63) is 0 Å². The molecular weight excluding hydrogens is 448 g/mol. The highest BCUT2D eigenvalue weighted by Gasteiger charge is 2.31. The first-order valence-electron chi connectivity index (χ1n) is 15.6. The standard InChI is InChI=1S/C32H60O4/c1-25(2)27(5)17-13-9-7-11-15-23-35-31(33)29-19-21-30(22-20-29)32(34)36-24-16-12-8-10-14-18-28(6)26(3)4/h25-30H,7-24H2,1-6H3. The van der Waals surface area contributed by atoms with E-state index < -0.39 is 0 Å². The first kappa shape index (κ1) is 33.0. The van der Waals surface area contributed by atoms with E-state index in [1.165, 1.54) is 51.4 Å². The lowest BCUT2D eigenvalue weighted by atomic mass is 9.82. The number of unbranched alkanes of at least 4 members (excludes halogenated alkanes) is 8. The Morgan fingerprint density at radius 3 is 1.17 bits per heavy atom. The molecular formula is C32H60O4. The molecule has 4 heteroatoms. The Morgan fingerprint density at radius 1 is 0.528 bits per heavy atom. The second kappa shape index (κ2) is 20.0. The molecule has 36 heavy (non-hydrogen) atoms. The summed E-state index contributed by atoms with van der Waals surface area (Å²) in [5.74, 6) is 2.98. The highest BCUT2D eigenvalue weighted by atomic mass is 16.5. The van der Waals surface area contributed by atoms with Crippen LogP contribution in [0.5, 0.6) is 0 Å². The summed E-state index contributed by atoms with van der Waals surface area (Å²) < 4.78 is 11.1. The molecule has 1 rings (SSSR count). The van der Waals surface area contributed by atoms with Gasteiger partial charge >= 0.3 is 11.9 Å². The van der Waals surface area contributed by atoms with E-state index in [-0.39, 0.29) is 23.8 Å². The van der Waals surface area contributed by atoms with Crippen LogP contribution in [0.15, 0.2) is 0 Å². The molecule has 0 radical (unpaired) electrons. The maximum Gasteiger partial charge on any atom is 0.308 e. The smallest absolute Gasteiger partial charge is 0.308 e. The molecule has 212 valence electrons. The van der Waals surface area contributed by atoms with Crippen molar-refractivity contribution in [2.24, 2.45) is 35.5 Å². The summed E-state index contributed by atoms with van der Waals surface area (Å²) >= 11 is 0. The number of hydrogen-bond donors (Lipinski definition) is 0. The van der Waals surface area contributed by atoms with Crippen LogP contribution < -0.4 is 0 Å². The third kappa shape index (κ3) is 15.3. The molecule has 0 aliphatic heterocycles. The summed E-state index contributed by atoms with van der Waals surface area (Å²) in [5, 5.41) is 0. The lowest BCUT2D eigenvalue weighted by Crippen LogP contribution is -2.28. The van der Waals surface area contributed by atoms with Gasteiger partial charge in [-0.1, -0.05) is 106 Å². The molecule has 0 bridgehead atoms. The van der Waals surface area contributed by atoms with Crippen LogP contribution in [0, 0.1) is 35.5 Å². The van der Waals surface area contributed by atoms with E-state index in [2.05, 4.69) is 41.5 Å². The Hall–Kier alpha value is -1.06. The van der Waals surface area contributed by atoms with Crippen molar-refractivity contribution in [3.8, 4) is 0 Å². The minimum absolute atomic E-state index is 0.0371.